The van der Waals surface area contributed by atoms with Gasteiger partial charge in [-0.05, 0) is 24.3 Å². The molecule has 1 atom stereocenters. The molecule has 3 aromatic rings. The Labute approximate surface area is 138 Å². The average Bonchev–Trinajstić information content (AvgIpc) is 3.29. The molecule has 4 rings (SSSR count). The number of hydrogen-bond acceptors (Lipinski definition) is 4. The molecule has 0 saturated heterocycles. The van der Waals surface area contributed by atoms with E-state index in [1.165, 1.54) is 0 Å². The highest BCUT2D eigenvalue weighted by molar-refractivity contribution is 5.75. The van der Waals surface area contributed by atoms with Gasteiger partial charge in [0.1, 0.15) is 28.2 Å². The lowest BCUT2D eigenvalue weighted by Crippen LogP contribution is -2.15. The van der Waals surface area contributed by atoms with Gasteiger partial charge in [-0.2, -0.15) is 4.98 Å². The number of fused-ring (bicyclic) bond motifs is 1. The van der Waals surface area contributed by atoms with E-state index in [0.29, 0.717) is 39.8 Å². The van der Waals surface area contributed by atoms with E-state index in [2.05, 4.69) is 11.9 Å². The molecule has 5 heteroatoms. The fourth-order valence-electron chi connectivity index (χ4n) is 2.57. The predicted octanol–water partition coefficient (Wildman–Crippen LogP) is 3.20. The highest BCUT2D eigenvalue weighted by atomic mass is 16.5. The molecule has 0 fully saturated rings. The van der Waals surface area contributed by atoms with Gasteiger partial charge in [0.25, 0.3) is 0 Å². The lowest BCUT2D eigenvalue weighted by atomic mass is 10.1. The van der Waals surface area contributed by atoms with Crippen LogP contribution in [-0.2, 0) is 0 Å². The van der Waals surface area contributed by atoms with Gasteiger partial charge in [0.15, 0.2) is 0 Å². The monoisotopic (exact) mass is 322 g/mol. The minimum Gasteiger partial charge on any atom is -0.496 e. The van der Waals surface area contributed by atoms with E-state index in [1.807, 2.05) is 30.3 Å². The number of para-hydroxylation sites is 1. The minimum absolute atomic E-state index is 0.348. The molecule has 1 aromatic heterocycles. The maximum absolute atomic E-state index is 12.2. The SMILES string of the molecule is COc1cc(OC2=C[C@@H]2C)ccc1-c1[nH+]c2ccccc2c(=O)o1. The zero-order valence-electron chi connectivity index (χ0n) is 13.3. The van der Waals surface area contributed by atoms with Crippen LogP contribution >= 0.6 is 0 Å². The summed E-state index contributed by atoms with van der Waals surface area (Å²) in [5.74, 6) is 2.95. The first-order chi connectivity index (χ1) is 11.7. The van der Waals surface area contributed by atoms with Crippen LogP contribution in [0.4, 0.5) is 0 Å². The molecule has 1 aliphatic rings. The molecule has 0 saturated carbocycles. The number of allylic oxidation sites excluding steroid dienone is 2. The maximum Gasteiger partial charge on any atom is 0.385 e. The summed E-state index contributed by atoms with van der Waals surface area (Å²) >= 11 is 0. The van der Waals surface area contributed by atoms with Gasteiger partial charge >= 0.3 is 11.5 Å². The minimum atomic E-state index is -0.390. The standard InChI is InChI=1S/C19H15NO4/c1-11-9-16(11)23-12-7-8-14(17(10-12)22-2)18-20-15-6-4-3-5-13(15)19(21)24-18/h3-11H,1-2H3/p+1/t11-/m0/s1. The van der Waals surface area contributed by atoms with Gasteiger partial charge in [0, 0.05) is 18.1 Å². The lowest BCUT2D eigenvalue weighted by Gasteiger charge is -2.08. The number of rotatable bonds is 4. The summed E-state index contributed by atoms with van der Waals surface area (Å²) in [6.45, 7) is 2.07. The van der Waals surface area contributed by atoms with E-state index in [9.17, 15) is 4.79 Å². The number of aromatic nitrogens is 1. The van der Waals surface area contributed by atoms with Gasteiger partial charge in [-0.25, -0.2) is 4.79 Å². The molecule has 1 aliphatic carbocycles. The second-order valence-electron chi connectivity index (χ2n) is 5.71. The normalized spacial score (nSPS) is 15.9. The average molecular weight is 322 g/mol. The highest BCUT2D eigenvalue weighted by Crippen LogP contribution is 2.35. The molecule has 0 radical (unpaired) electrons. The van der Waals surface area contributed by atoms with Crippen LogP contribution in [0.3, 0.4) is 0 Å². The molecule has 5 nitrogen and oxygen atoms in total. The lowest BCUT2D eigenvalue weighted by molar-refractivity contribution is -0.349. The van der Waals surface area contributed by atoms with E-state index in [0.717, 1.165) is 5.76 Å². The molecule has 0 aliphatic heterocycles. The Morgan fingerprint density at radius 1 is 1.17 bits per heavy atom. The van der Waals surface area contributed by atoms with E-state index < -0.39 is 5.63 Å². The largest absolute Gasteiger partial charge is 0.496 e. The summed E-state index contributed by atoms with van der Waals surface area (Å²) in [5.41, 5.74) is 0.979. The molecule has 0 spiro atoms. The molecule has 0 unspecified atom stereocenters. The number of benzene rings is 2. The molecule has 0 bridgehead atoms. The summed E-state index contributed by atoms with van der Waals surface area (Å²) in [4.78, 5) is 15.3. The summed E-state index contributed by atoms with van der Waals surface area (Å²) in [6.07, 6.45) is 2.04. The third-order valence-corrected chi connectivity index (χ3v) is 4.00. The van der Waals surface area contributed by atoms with Gasteiger partial charge in [0.2, 0.25) is 5.52 Å². The molecule has 0 amide bonds. The second kappa shape index (κ2) is 5.53. The molecule has 120 valence electrons. The first kappa shape index (κ1) is 14.5. The van der Waals surface area contributed by atoms with Crippen LogP contribution in [0.5, 0.6) is 11.5 Å². The highest BCUT2D eigenvalue weighted by Gasteiger charge is 2.24. The molecular formula is C19H16NO4+. The molecular weight excluding hydrogens is 306 g/mol. The summed E-state index contributed by atoms with van der Waals surface area (Å²) in [6, 6.07) is 12.6. The number of hydrogen-bond donors (Lipinski definition) is 0. The van der Waals surface area contributed by atoms with E-state index in [1.54, 1.807) is 25.3 Å². The zero-order valence-corrected chi connectivity index (χ0v) is 13.3. The first-order valence-corrected chi connectivity index (χ1v) is 7.69. The van der Waals surface area contributed by atoms with Crippen molar-refractivity contribution in [1.82, 2.24) is 0 Å². The third kappa shape index (κ3) is 2.54. The van der Waals surface area contributed by atoms with Crippen molar-refractivity contribution in [3.05, 3.63) is 64.7 Å². The Morgan fingerprint density at radius 3 is 2.71 bits per heavy atom. The van der Waals surface area contributed by atoms with Crippen molar-refractivity contribution in [3.63, 3.8) is 0 Å². The molecule has 24 heavy (non-hydrogen) atoms. The van der Waals surface area contributed by atoms with Gasteiger partial charge < -0.3 is 13.9 Å². The van der Waals surface area contributed by atoms with Crippen LogP contribution in [0.1, 0.15) is 6.92 Å². The van der Waals surface area contributed by atoms with Crippen molar-refractivity contribution in [3.8, 4) is 23.0 Å². The van der Waals surface area contributed by atoms with Crippen LogP contribution in [0.2, 0.25) is 0 Å². The van der Waals surface area contributed by atoms with Crippen LogP contribution in [0.25, 0.3) is 22.4 Å². The van der Waals surface area contributed by atoms with Crippen LogP contribution in [0, 0.1) is 5.92 Å². The zero-order chi connectivity index (χ0) is 16.7. The molecule has 1 heterocycles. The van der Waals surface area contributed by atoms with E-state index in [4.69, 9.17) is 13.9 Å². The summed E-state index contributed by atoms with van der Waals surface area (Å²) in [5, 5.41) is 0.509. The first-order valence-electron chi connectivity index (χ1n) is 7.69. The van der Waals surface area contributed by atoms with Crippen LogP contribution in [0.15, 0.2) is 63.5 Å². The Balaban J connectivity index is 1.78. The molecule has 1 N–H and O–H groups in total. The number of ether oxygens (including phenoxy) is 2. The Bertz CT molecular complexity index is 1020. The number of methoxy groups -OCH3 is 1. The molecule has 2 aromatic carbocycles. The quantitative estimate of drug-likeness (QED) is 0.740. The Morgan fingerprint density at radius 2 is 1.96 bits per heavy atom. The van der Waals surface area contributed by atoms with Crippen molar-refractivity contribution in [2.45, 2.75) is 6.92 Å². The Hall–Kier alpha value is -3.08. The fraction of sp³-hybridized carbons (Fsp3) is 0.158. The van der Waals surface area contributed by atoms with Crippen molar-refractivity contribution in [2.24, 2.45) is 5.92 Å². The third-order valence-electron chi connectivity index (χ3n) is 4.00. The van der Waals surface area contributed by atoms with Crippen molar-refractivity contribution in [2.75, 3.05) is 7.11 Å². The van der Waals surface area contributed by atoms with E-state index in [-0.39, 0.29) is 0 Å². The van der Waals surface area contributed by atoms with Crippen molar-refractivity contribution < 1.29 is 18.9 Å². The summed E-state index contributed by atoms with van der Waals surface area (Å²) < 4.78 is 16.6. The number of nitrogens with one attached hydrogen (secondary N) is 1. The second-order valence-corrected chi connectivity index (χ2v) is 5.71. The van der Waals surface area contributed by atoms with Gasteiger partial charge in [-0.15, -0.1) is 0 Å². The van der Waals surface area contributed by atoms with Gasteiger partial charge in [-0.1, -0.05) is 19.1 Å². The van der Waals surface area contributed by atoms with Crippen molar-refractivity contribution in [1.29, 1.82) is 0 Å². The Kier molecular flexibility index (Phi) is 3.34. The fourth-order valence-corrected chi connectivity index (χ4v) is 2.57. The van der Waals surface area contributed by atoms with E-state index >= 15 is 0 Å². The van der Waals surface area contributed by atoms with Crippen molar-refractivity contribution >= 4 is 10.9 Å². The topological polar surface area (TPSA) is 62.8 Å². The smallest absolute Gasteiger partial charge is 0.385 e. The number of H-pyrrole nitrogens is 1. The van der Waals surface area contributed by atoms with Gasteiger partial charge in [-0.3, -0.25) is 0 Å². The number of aromatic amines is 1. The van der Waals surface area contributed by atoms with Crippen LogP contribution in [-0.4, -0.2) is 7.11 Å². The van der Waals surface area contributed by atoms with Gasteiger partial charge in [0.05, 0.1) is 7.11 Å². The van der Waals surface area contributed by atoms with Crippen LogP contribution < -0.4 is 20.1 Å². The summed E-state index contributed by atoms with van der Waals surface area (Å²) in [7, 11) is 1.57. The predicted molar refractivity (Wildman–Crippen MR) is 88.9 cm³/mol. The maximum atomic E-state index is 12.2.